The van der Waals surface area contributed by atoms with Crippen molar-refractivity contribution in [3.63, 3.8) is 0 Å². The number of aliphatic hydroxyl groups is 2. The van der Waals surface area contributed by atoms with E-state index in [2.05, 4.69) is 85.1 Å². The van der Waals surface area contributed by atoms with Crippen molar-refractivity contribution in [2.75, 3.05) is 32.1 Å². The van der Waals surface area contributed by atoms with Gasteiger partial charge in [0.2, 0.25) is 0 Å². The molecule has 1 aliphatic heterocycles. The number of carboxylic acids is 2. The van der Waals surface area contributed by atoms with Crippen LogP contribution in [0.4, 0.5) is 16.2 Å². The van der Waals surface area contributed by atoms with Crippen LogP contribution in [0.25, 0.3) is 0 Å². The number of nitrogens with two attached hydrogens (primary N) is 1. The van der Waals surface area contributed by atoms with Gasteiger partial charge in [0.15, 0.2) is 12.2 Å². The normalized spacial score (nSPS) is 13.9. The van der Waals surface area contributed by atoms with Crippen molar-refractivity contribution in [3.8, 4) is 0 Å². The van der Waals surface area contributed by atoms with E-state index in [0.717, 1.165) is 13.1 Å². The molecule has 2 amide bonds. The van der Waals surface area contributed by atoms with E-state index in [1.54, 1.807) is 0 Å². The molecule has 0 saturated carbocycles. The molecule has 0 radical (unpaired) electrons. The molecule has 3 atom stereocenters. The van der Waals surface area contributed by atoms with E-state index in [1.807, 2.05) is 11.8 Å². The molecule has 0 aromatic heterocycles. The zero-order valence-corrected chi connectivity index (χ0v) is 20.9. The van der Waals surface area contributed by atoms with Crippen molar-refractivity contribution < 1.29 is 40.0 Å². The van der Waals surface area contributed by atoms with Gasteiger partial charge in [-0.1, -0.05) is 43.0 Å². The third kappa shape index (κ3) is 9.71. The molecule has 3 unspecified atom stereocenters. The van der Waals surface area contributed by atoms with Crippen molar-refractivity contribution in [2.45, 2.75) is 28.9 Å². The van der Waals surface area contributed by atoms with E-state index in [0.29, 0.717) is 5.92 Å². The number of aliphatic carboxylic acids is 2. The SMILES string of the molecule is CC(CN(C)C)CN1c2ccccc2Sc2ccccc21.NC(=O)NO.O=C(O)C(O)C(O)C(=O)O. The summed E-state index contributed by atoms with van der Waals surface area (Å²) in [4.78, 5) is 36.2. The Balaban J connectivity index is 0.000000362. The van der Waals surface area contributed by atoms with Gasteiger partial charge in [0.25, 0.3) is 0 Å². The minimum absolute atomic E-state index is 0.615. The molecule has 3 rings (SSSR count). The van der Waals surface area contributed by atoms with Gasteiger partial charge >= 0.3 is 18.0 Å². The molecule has 13 heteroatoms. The summed E-state index contributed by atoms with van der Waals surface area (Å²) in [5, 5.41) is 39.9. The summed E-state index contributed by atoms with van der Waals surface area (Å²) in [7, 11) is 4.29. The molecule has 0 fully saturated rings. The lowest BCUT2D eigenvalue weighted by molar-refractivity contribution is -0.165. The average molecular weight is 525 g/mol. The van der Waals surface area contributed by atoms with Crippen LogP contribution in [-0.2, 0) is 9.59 Å². The number of carbonyl (C=O) groups is 3. The van der Waals surface area contributed by atoms with Crippen molar-refractivity contribution >= 4 is 41.1 Å². The first-order valence-corrected chi connectivity index (χ1v) is 11.5. The largest absolute Gasteiger partial charge is 0.479 e. The Labute approximate surface area is 212 Å². The summed E-state index contributed by atoms with van der Waals surface area (Å²) in [6, 6.07) is 16.5. The number of fused-ring (bicyclic) bond motifs is 2. The van der Waals surface area contributed by atoms with Gasteiger partial charge in [0.05, 0.1) is 11.4 Å². The third-order valence-electron chi connectivity index (χ3n) is 4.62. The van der Waals surface area contributed by atoms with Crippen LogP contribution in [0.15, 0.2) is 58.3 Å². The molecule has 2 aromatic carbocycles. The molecule has 8 N–H and O–H groups in total. The second kappa shape index (κ2) is 14.9. The molecular formula is C23H32N4O8S. The fourth-order valence-electron chi connectivity index (χ4n) is 3.24. The number of primary amides is 1. The number of benzene rings is 2. The Morgan fingerprint density at radius 2 is 1.33 bits per heavy atom. The Hall–Kier alpha value is -3.36. The highest BCUT2D eigenvalue weighted by atomic mass is 32.2. The second-order valence-electron chi connectivity index (χ2n) is 8.06. The van der Waals surface area contributed by atoms with E-state index >= 15 is 0 Å². The lowest BCUT2D eigenvalue weighted by Gasteiger charge is -2.35. The van der Waals surface area contributed by atoms with Crippen LogP contribution < -0.4 is 16.1 Å². The van der Waals surface area contributed by atoms with Crippen molar-refractivity contribution in [2.24, 2.45) is 11.7 Å². The van der Waals surface area contributed by atoms with E-state index in [9.17, 15) is 14.4 Å². The number of hydrogen-bond acceptors (Lipinski definition) is 9. The van der Waals surface area contributed by atoms with Crippen molar-refractivity contribution in [3.05, 3.63) is 48.5 Å². The van der Waals surface area contributed by atoms with Crippen LogP contribution in [0.2, 0.25) is 0 Å². The first-order chi connectivity index (χ1) is 16.9. The summed E-state index contributed by atoms with van der Waals surface area (Å²) in [6.45, 7) is 4.48. The topological polar surface area (TPSA) is 197 Å². The summed E-state index contributed by atoms with van der Waals surface area (Å²) in [5.41, 5.74) is 8.14. The fraction of sp³-hybridized carbons (Fsp3) is 0.348. The molecule has 12 nitrogen and oxygen atoms in total. The van der Waals surface area contributed by atoms with Crippen LogP contribution in [0.1, 0.15) is 6.92 Å². The van der Waals surface area contributed by atoms with Gasteiger partial charge in [-0.15, -0.1) is 0 Å². The van der Waals surface area contributed by atoms with E-state index in [4.69, 9.17) is 25.6 Å². The number of amides is 2. The van der Waals surface area contributed by atoms with Crippen LogP contribution in [-0.4, -0.2) is 87.9 Å². The number of urea groups is 1. The summed E-state index contributed by atoms with van der Waals surface area (Å²) >= 11 is 1.88. The van der Waals surface area contributed by atoms with Crippen LogP contribution in [0, 0.1) is 5.92 Å². The number of rotatable bonds is 7. The predicted molar refractivity (Wildman–Crippen MR) is 134 cm³/mol. The van der Waals surface area contributed by atoms with Gasteiger partial charge < -0.3 is 36.0 Å². The van der Waals surface area contributed by atoms with Gasteiger partial charge in [-0.05, 0) is 44.3 Å². The summed E-state index contributed by atoms with van der Waals surface area (Å²) < 4.78 is 0. The monoisotopic (exact) mass is 524 g/mol. The van der Waals surface area contributed by atoms with Gasteiger partial charge in [-0.2, -0.15) is 0 Å². The molecule has 0 aliphatic carbocycles. The van der Waals surface area contributed by atoms with Crippen molar-refractivity contribution in [1.29, 1.82) is 0 Å². The Kier molecular flexibility index (Phi) is 12.7. The highest BCUT2D eigenvalue weighted by molar-refractivity contribution is 7.99. The number of nitrogens with zero attached hydrogens (tertiary/aromatic N) is 2. The standard InChI is InChI=1S/C18H22N2S.C4H6O6.CH4N2O2/c1-14(12-19(2)3)13-20-15-8-4-6-10-17(15)21-18-11-7-5-9-16(18)20;5-1(3(7)8)2(6)4(9)10;2-1(4)3-5/h4-11,14H,12-13H2,1-3H3;1-2,5-6H,(H,7,8)(H,9,10);5H,(H3,2,3,4). The van der Waals surface area contributed by atoms with Gasteiger partial charge in [-0.3, -0.25) is 5.21 Å². The zero-order valence-electron chi connectivity index (χ0n) is 20.1. The second-order valence-corrected chi connectivity index (χ2v) is 9.14. The number of para-hydroxylation sites is 2. The molecular weight excluding hydrogens is 492 g/mol. The van der Waals surface area contributed by atoms with Gasteiger partial charge in [0, 0.05) is 22.9 Å². The molecule has 1 aliphatic rings. The molecule has 1 heterocycles. The lowest BCUT2D eigenvalue weighted by atomic mass is 10.1. The predicted octanol–water partition coefficient (Wildman–Crippen LogP) is 1.41. The Bertz CT molecular complexity index is 960. The summed E-state index contributed by atoms with van der Waals surface area (Å²) in [6.07, 6.45) is -4.53. The highest BCUT2D eigenvalue weighted by Crippen LogP contribution is 2.47. The number of hydrogen-bond donors (Lipinski definition) is 7. The fourth-order valence-corrected chi connectivity index (χ4v) is 4.34. The third-order valence-corrected chi connectivity index (χ3v) is 5.75. The number of carboxylic acid groups (broad SMARTS) is 2. The molecule has 36 heavy (non-hydrogen) atoms. The Morgan fingerprint density at radius 3 is 1.67 bits per heavy atom. The van der Waals surface area contributed by atoms with Crippen LogP contribution in [0.5, 0.6) is 0 Å². The molecule has 0 bridgehead atoms. The number of hydroxylamine groups is 1. The maximum atomic E-state index is 9.77. The molecule has 0 saturated heterocycles. The average Bonchev–Trinajstić information content (AvgIpc) is 2.83. The number of aliphatic hydroxyl groups excluding tert-OH is 2. The maximum Gasteiger partial charge on any atom is 0.335 e. The summed E-state index contributed by atoms with van der Waals surface area (Å²) in [5.74, 6) is -2.92. The smallest absolute Gasteiger partial charge is 0.335 e. The minimum Gasteiger partial charge on any atom is -0.479 e. The molecule has 2 aromatic rings. The van der Waals surface area contributed by atoms with E-state index < -0.39 is 30.2 Å². The van der Waals surface area contributed by atoms with Crippen molar-refractivity contribution in [1.82, 2.24) is 10.4 Å². The van der Waals surface area contributed by atoms with Crippen LogP contribution in [0.3, 0.4) is 0 Å². The Morgan fingerprint density at radius 1 is 0.944 bits per heavy atom. The molecule has 198 valence electrons. The lowest BCUT2D eigenvalue weighted by Crippen LogP contribution is -2.39. The zero-order chi connectivity index (χ0) is 27.4. The van der Waals surface area contributed by atoms with Crippen LogP contribution >= 0.6 is 11.8 Å². The number of nitrogens with one attached hydrogen (secondary N) is 1. The number of anilines is 2. The number of carbonyl (C=O) groups excluding carboxylic acids is 1. The first kappa shape index (κ1) is 30.7. The van der Waals surface area contributed by atoms with E-state index in [1.165, 1.54) is 26.6 Å². The quantitative estimate of drug-likeness (QED) is 0.204. The minimum atomic E-state index is -2.27. The molecule has 0 spiro atoms. The highest BCUT2D eigenvalue weighted by Gasteiger charge is 2.29. The van der Waals surface area contributed by atoms with Gasteiger partial charge in [-0.25, -0.2) is 19.9 Å². The van der Waals surface area contributed by atoms with E-state index in [-0.39, 0.29) is 0 Å². The maximum absolute atomic E-state index is 9.77. The van der Waals surface area contributed by atoms with Gasteiger partial charge in [0.1, 0.15) is 0 Å². The first-order valence-electron chi connectivity index (χ1n) is 10.7.